The zero-order valence-corrected chi connectivity index (χ0v) is 16.4. The molecule has 0 aromatic heterocycles. The van der Waals surface area contributed by atoms with Gasteiger partial charge in [0.2, 0.25) is 5.91 Å². The third kappa shape index (κ3) is 5.33. The van der Waals surface area contributed by atoms with E-state index >= 15 is 0 Å². The van der Waals surface area contributed by atoms with Gasteiger partial charge in [-0.25, -0.2) is 0 Å². The first-order chi connectivity index (χ1) is 13.5. The second kappa shape index (κ2) is 9.37. The highest BCUT2D eigenvalue weighted by Gasteiger charge is 2.27. The Morgan fingerprint density at radius 1 is 1.18 bits per heavy atom. The van der Waals surface area contributed by atoms with Crippen LogP contribution in [-0.2, 0) is 9.59 Å². The van der Waals surface area contributed by atoms with Gasteiger partial charge in [-0.1, -0.05) is 18.2 Å². The maximum absolute atomic E-state index is 13.2. The van der Waals surface area contributed by atoms with Crippen LogP contribution in [0, 0.1) is 0 Å². The fourth-order valence-corrected chi connectivity index (χ4v) is 3.36. The van der Waals surface area contributed by atoms with Gasteiger partial charge in [0.25, 0.3) is 5.91 Å². The Bertz CT molecular complexity index is 786. The molecular weight excluding hydrogens is 354 g/mol. The van der Waals surface area contributed by atoms with Gasteiger partial charge in [0.15, 0.2) is 6.10 Å². The Morgan fingerprint density at radius 2 is 1.89 bits per heavy atom. The molecule has 3 rings (SSSR count). The molecule has 0 bridgehead atoms. The van der Waals surface area contributed by atoms with E-state index in [1.807, 2.05) is 54.6 Å². The van der Waals surface area contributed by atoms with Crippen molar-refractivity contribution in [2.45, 2.75) is 38.8 Å². The molecule has 2 N–H and O–H groups in total. The highest BCUT2D eigenvalue weighted by molar-refractivity contribution is 5.97. The van der Waals surface area contributed by atoms with Crippen LogP contribution in [0.25, 0.3) is 0 Å². The summed E-state index contributed by atoms with van der Waals surface area (Å²) in [5.74, 6) is 0.453. The van der Waals surface area contributed by atoms with E-state index in [1.165, 1.54) is 6.92 Å². The minimum absolute atomic E-state index is 0.0927. The van der Waals surface area contributed by atoms with Crippen LogP contribution in [-0.4, -0.2) is 37.0 Å². The number of ether oxygens (including phenoxy) is 1. The van der Waals surface area contributed by atoms with Gasteiger partial charge in [0, 0.05) is 30.9 Å². The number of amides is 2. The van der Waals surface area contributed by atoms with Crippen molar-refractivity contribution in [1.82, 2.24) is 5.32 Å². The normalized spacial score (nSPS) is 17.0. The van der Waals surface area contributed by atoms with Crippen LogP contribution in [0.3, 0.4) is 0 Å². The first-order valence-corrected chi connectivity index (χ1v) is 9.67. The van der Waals surface area contributed by atoms with Crippen molar-refractivity contribution < 1.29 is 14.3 Å². The molecule has 28 heavy (non-hydrogen) atoms. The summed E-state index contributed by atoms with van der Waals surface area (Å²) < 4.78 is 5.85. The van der Waals surface area contributed by atoms with Gasteiger partial charge < -0.3 is 20.3 Å². The topological polar surface area (TPSA) is 70.7 Å². The van der Waals surface area contributed by atoms with Crippen molar-refractivity contribution in [3.63, 3.8) is 0 Å². The average molecular weight is 381 g/mol. The molecule has 6 nitrogen and oxygen atoms in total. The molecule has 0 radical (unpaired) electrons. The summed E-state index contributed by atoms with van der Waals surface area (Å²) >= 11 is 0. The van der Waals surface area contributed by atoms with Crippen LogP contribution in [0.2, 0.25) is 0 Å². The molecule has 1 unspecified atom stereocenters. The van der Waals surface area contributed by atoms with Gasteiger partial charge in [-0.15, -0.1) is 0 Å². The van der Waals surface area contributed by atoms with E-state index in [0.29, 0.717) is 18.0 Å². The first kappa shape index (κ1) is 19.9. The van der Waals surface area contributed by atoms with Crippen LogP contribution in [0.1, 0.15) is 26.7 Å². The van der Waals surface area contributed by atoms with Crippen LogP contribution in [0.4, 0.5) is 11.4 Å². The SMILES string of the molecule is CC(=O)Nc1ccc(N(C[C@H]2CCCN2)C(=O)C(C)Oc2ccccc2)cc1. The van der Waals surface area contributed by atoms with Crippen LogP contribution >= 0.6 is 0 Å². The largest absolute Gasteiger partial charge is 0.481 e. The predicted octanol–water partition coefficient (Wildman–Crippen LogP) is 3.20. The molecule has 148 valence electrons. The molecule has 1 aliphatic heterocycles. The highest BCUT2D eigenvalue weighted by Crippen LogP contribution is 2.22. The number of hydrogen-bond donors (Lipinski definition) is 2. The quantitative estimate of drug-likeness (QED) is 0.773. The zero-order valence-electron chi connectivity index (χ0n) is 16.4. The van der Waals surface area contributed by atoms with E-state index in [2.05, 4.69) is 10.6 Å². The van der Waals surface area contributed by atoms with Crippen molar-refractivity contribution in [1.29, 1.82) is 0 Å². The minimum atomic E-state index is -0.612. The molecule has 0 spiro atoms. The Labute approximate surface area is 165 Å². The Morgan fingerprint density at radius 3 is 2.50 bits per heavy atom. The van der Waals surface area contributed by atoms with Gasteiger partial charge >= 0.3 is 0 Å². The van der Waals surface area contributed by atoms with Crippen LogP contribution in [0.15, 0.2) is 54.6 Å². The molecule has 6 heteroatoms. The summed E-state index contributed by atoms with van der Waals surface area (Å²) in [4.78, 5) is 26.2. The molecule has 2 aromatic carbocycles. The second-order valence-electron chi connectivity index (χ2n) is 7.04. The van der Waals surface area contributed by atoms with E-state index < -0.39 is 6.10 Å². The summed E-state index contributed by atoms with van der Waals surface area (Å²) in [5.41, 5.74) is 1.49. The van der Waals surface area contributed by atoms with Crippen molar-refractivity contribution in [3.8, 4) is 5.75 Å². The van der Waals surface area contributed by atoms with Crippen LogP contribution < -0.4 is 20.3 Å². The van der Waals surface area contributed by atoms with Crippen molar-refractivity contribution >= 4 is 23.2 Å². The zero-order chi connectivity index (χ0) is 19.9. The number of para-hydroxylation sites is 1. The van der Waals surface area contributed by atoms with E-state index in [0.717, 1.165) is 25.1 Å². The molecule has 1 heterocycles. The summed E-state index contributed by atoms with van der Waals surface area (Å²) in [7, 11) is 0. The van der Waals surface area contributed by atoms with E-state index in [1.54, 1.807) is 11.8 Å². The summed E-state index contributed by atoms with van der Waals surface area (Å²) in [5, 5.41) is 6.20. The predicted molar refractivity (Wildman–Crippen MR) is 111 cm³/mol. The molecule has 0 aliphatic carbocycles. The maximum atomic E-state index is 13.2. The maximum Gasteiger partial charge on any atom is 0.267 e. The van der Waals surface area contributed by atoms with Gasteiger partial charge in [0.1, 0.15) is 5.75 Å². The molecule has 1 saturated heterocycles. The van der Waals surface area contributed by atoms with Crippen molar-refractivity contribution in [2.24, 2.45) is 0 Å². The van der Waals surface area contributed by atoms with Gasteiger partial charge in [-0.05, 0) is 62.7 Å². The standard InChI is InChI=1S/C22H27N3O3/c1-16(28-21-8-4-3-5-9-21)22(27)25(15-19-7-6-14-23-19)20-12-10-18(11-13-20)24-17(2)26/h3-5,8-13,16,19,23H,6-7,14-15H2,1-2H3,(H,24,26)/t16?,19-/m1/s1. The number of benzene rings is 2. The van der Waals surface area contributed by atoms with Gasteiger partial charge in [0.05, 0.1) is 0 Å². The lowest BCUT2D eigenvalue weighted by Gasteiger charge is -2.29. The molecular formula is C22H27N3O3. The average Bonchev–Trinajstić information content (AvgIpc) is 3.20. The second-order valence-corrected chi connectivity index (χ2v) is 7.04. The molecule has 1 aliphatic rings. The number of nitrogens with one attached hydrogen (secondary N) is 2. The smallest absolute Gasteiger partial charge is 0.267 e. The fraction of sp³-hybridized carbons (Fsp3) is 0.364. The molecule has 1 fully saturated rings. The molecule has 2 atom stereocenters. The van der Waals surface area contributed by atoms with Gasteiger partial charge in [-0.2, -0.15) is 0 Å². The number of carbonyl (C=O) groups excluding carboxylic acids is 2. The van der Waals surface area contributed by atoms with E-state index in [9.17, 15) is 9.59 Å². The van der Waals surface area contributed by atoms with E-state index in [-0.39, 0.29) is 17.9 Å². The lowest BCUT2D eigenvalue weighted by Crippen LogP contribution is -2.46. The Balaban J connectivity index is 1.77. The monoisotopic (exact) mass is 381 g/mol. The summed E-state index contributed by atoms with van der Waals surface area (Å²) in [6.07, 6.45) is 1.55. The number of rotatable bonds is 7. The third-order valence-corrected chi connectivity index (χ3v) is 4.73. The minimum Gasteiger partial charge on any atom is -0.481 e. The number of anilines is 2. The molecule has 2 aromatic rings. The molecule has 0 saturated carbocycles. The molecule has 2 amide bonds. The van der Waals surface area contributed by atoms with Gasteiger partial charge in [-0.3, -0.25) is 9.59 Å². The van der Waals surface area contributed by atoms with E-state index in [4.69, 9.17) is 4.74 Å². The van der Waals surface area contributed by atoms with Crippen molar-refractivity contribution in [2.75, 3.05) is 23.3 Å². The fourth-order valence-electron chi connectivity index (χ4n) is 3.36. The summed E-state index contributed by atoms with van der Waals surface area (Å²) in [6, 6.07) is 17.0. The van der Waals surface area contributed by atoms with Crippen molar-refractivity contribution in [3.05, 3.63) is 54.6 Å². The third-order valence-electron chi connectivity index (χ3n) is 4.73. The lowest BCUT2D eigenvalue weighted by atomic mass is 10.1. The lowest BCUT2D eigenvalue weighted by molar-refractivity contribution is -0.124. The summed E-state index contributed by atoms with van der Waals surface area (Å²) in [6.45, 7) is 4.80. The Hall–Kier alpha value is -2.86. The number of hydrogen-bond acceptors (Lipinski definition) is 4. The Kier molecular flexibility index (Phi) is 6.66. The van der Waals surface area contributed by atoms with Crippen LogP contribution in [0.5, 0.6) is 5.75 Å². The highest BCUT2D eigenvalue weighted by atomic mass is 16.5. The first-order valence-electron chi connectivity index (χ1n) is 9.67. The number of carbonyl (C=O) groups is 2. The number of nitrogens with zero attached hydrogens (tertiary/aromatic N) is 1.